The second-order valence-corrected chi connectivity index (χ2v) is 14.8. The van der Waals surface area contributed by atoms with Gasteiger partial charge in [-0.25, -0.2) is 0 Å². The summed E-state index contributed by atoms with van der Waals surface area (Å²) in [5.74, 6) is 1.46. The van der Waals surface area contributed by atoms with Crippen LogP contribution in [0.3, 0.4) is 0 Å². The molecule has 4 aromatic carbocycles. The number of benzene rings is 4. The molecule has 3 unspecified atom stereocenters. The highest BCUT2D eigenvalue weighted by Gasteiger charge is 2.21. The highest BCUT2D eigenvalue weighted by molar-refractivity contribution is 5.42. The zero-order valence-corrected chi connectivity index (χ0v) is 31.5. The average molecular weight is 643 g/mol. The van der Waals surface area contributed by atoms with E-state index in [1.165, 1.54) is 77.0 Å². The lowest BCUT2D eigenvalue weighted by atomic mass is 9.80. The summed E-state index contributed by atoms with van der Waals surface area (Å²) in [4.78, 5) is 0. The van der Waals surface area contributed by atoms with E-state index < -0.39 is 0 Å². The van der Waals surface area contributed by atoms with Crippen LogP contribution >= 0.6 is 0 Å². The van der Waals surface area contributed by atoms with Gasteiger partial charge in [0.25, 0.3) is 0 Å². The predicted molar refractivity (Wildman–Crippen MR) is 212 cm³/mol. The van der Waals surface area contributed by atoms with Gasteiger partial charge in [-0.2, -0.15) is 0 Å². The van der Waals surface area contributed by atoms with E-state index >= 15 is 0 Å². The van der Waals surface area contributed by atoms with Crippen LogP contribution in [0.4, 0.5) is 0 Å². The molecule has 0 aliphatic rings. The van der Waals surface area contributed by atoms with Crippen molar-refractivity contribution in [2.45, 2.75) is 156 Å². The van der Waals surface area contributed by atoms with Crippen molar-refractivity contribution in [1.29, 1.82) is 0 Å². The molecule has 48 heavy (non-hydrogen) atoms. The maximum Gasteiger partial charge on any atom is -0.0147 e. The first-order valence-electron chi connectivity index (χ1n) is 19.8. The molecule has 0 N–H and O–H groups in total. The van der Waals surface area contributed by atoms with E-state index in [0.717, 1.165) is 19.3 Å². The molecule has 0 aliphatic heterocycles. The fourth-order valence-corrected chi connectivity index (χ4v) is 8.05. The van der Waals surface area contributed by atoms with E-state index in [-0.39, 0.29) is 0 Å². The van der Waals surface area contributed by atoms with E-state index in [0.29, 0.717) is 17.8 Å². The van der Waals surface area contributed by atoms with Crippen LogP contribution in [-0.2, 0) is 38.5 Å². The SMILES string of the molecule is CCCCCc1ccccc1C(C)Cc1cccc(CC(C)c2ccccc2CCCCC)c1CC(C)c1ccccc1CCCCC. The number of hydrogen-bond acceptors (Lipinski definition) is 0. The van der Waals surface area contributed by atoms with Crippen LogP contribution in [-0.4, -0.2) is 0 Å². The van der Waals surface area contributed by atoms with Gasteiger partial charge in [-0.15, -0.1) is 0 Å². The third-order valence-corrected chi connectivity index (χ3v) is 10.8. The zero-order valence-electron chi connectivity index (χ0n) is 31.5. The number of hydrogen-bond donors (Lipinski definition) is 0. The lowest BCUT2D eigenvalue weighted by Crippen LogP contribution is -2.12. The molecule has 0 spiro atoms. The zero-order chi connectivity index (χ0) is 34.1. The van der Waals surface area contributed by atoms with Crippen molar-refractivity contribution in [2.24, 2.45) is 0 Å². The van der Waals surface area contributed by atoms with Gasteiger partial charge in [-0.1, -0.05) is 171 Å². The molecule has 258 valence electrons. The molecule has 0 aromatic heterocycles. The van der Waals surface area contributed by atoms with Crippen molar-refractivity contribution in [3.05, 3.63) is 141 Å². The first-order valence-corrected chi connectivity index (χ1v) is 19.8. The van der Waals surface area contributed by atoms with Crippen LogP contribution in [0.5, 0.6) is 0 Å². The third kappa shape index (κ3) is 10.9. The van der Waals surface area contributed by atoms with Crippen LogP contribution < -0.4 is 0 Å². The molecule has 4 aromatic rings. The first kappa shape index (κ1) is 37.7. The summed E-state index contributed by atoms with van der Waals surface area (Å²) >= 11 is 0. The monoisotopic (exact) mass is 643 g/mol. The van der Waals surface area contributed by atoms with Crippen molar-refractivity contribution in [2.75, 3.05) is 0 Å². The Morgan fingerprint density at radius 2 is 0.667 bits per heavy atom. The first-order chi connectivity index (χ1) is 23.5. The molecule has 0 fully saturated rings. The molecule has 4 rings (SSSR count). The Labute approximate surface area is 295 Å². The van der Waals surface area contributed by atoms with Crippen molar-refractivity contribution in [1.82, 2.24) is 0 Å². The molecule has 0 nitrogen and oxygen atoms in total. The summed E-state index contributed by atoms with van der Waals surface area (Å²) in [6, 6.07) is 35.2. The van der Waals surface area contributed by atoms with Gasteiger partial charge in [-0.3, -0.25) is 0 Å². The van der Waals surface area contributed by atoms with Gasteiger partial charge in [-0.05, 0) is 126 Å². The third-order valence-electron chi connectivity index (χ3n) is 10.8. The average Bonchev–Trinajstić information content (AvgIpc) is 3.10. The Hall–Kier alpha value is -3.12. The minimum atomic E-state index is 0.482. The van der Waals surface area contributed by atoms with Gasteiger partial charge in [0.2, 0.25) is 0 Å². The number of rotatable bonds is 21. The fourth-order valence-electron chi connectivity index (χ4n) is 8.05. The quantitative estimate of drug-likeness (QED) is 0.0793. The number of unbranched alkanes of at least 4 members (excludes halogenated alkanes) is 6. The van der Waals surface area contributed by atoms with E-state index in [1.54, 1.807) is 50.1 Å². The Morgan fingerprint density at radius 3 is 1.02 bits per heavy atom. The topological polar surface area (TPSA) is 0 Å². The highest BCUT2D eigenvalue weighted by atomic mass is 14.3. The minimum Gasteiger partial charge on any atom is -0.0654 e. The Balaban J connectivity index is 1.68. The van der Waals surface area contributed by atoms with Gasteiger partial charge >= 0.3 is 0 Å². The van der Waals surface area contributed by atoms with E-state index in [4.69, 9.17) is 0 Å². The number of aryl methyl sites for hydroxylation is 3. The molecular weight excluding hydrogens is 577 g/mol. The molecule has 3 atom stereocenters. The van der Waals surface area contributed by atoms with Gasteiger partial charge in [0, 0.05) is 0 Å². The summed E-state index contributed by atoms with van der Waals surface area (Å²) in [5, 5.41) is 0. The normalized spacial score (nSPS) is 13.4. The maximum absolute atomic E-state index is 2.48. The Bertz CT molecular complexity index is 1410. The predicted octanol–water partition coefficient (Wildman–Crippen LogP) is 13.9. The van der Waals surface area contributed by atoms with Gasteiger partial charge < -0.3 is 0 Å². The van der Waals surface area contributed by atoms with E-state index in [1.807, 2.05) is 0 Å². The van der Waals surface area contributed by atoms with Gasteiger partial charge in [0.05, 0.1) is 0 Å². The Morgan fingerprint density at radius 1 is 0.354 bits per heavy atom. The smallest absolute Gasteiger partial charge is 0.0147 e. The van der Waals surface area contributed by atoms with Gasteiger partial charge in [0.1, 0.15) is 0 Å². The second kappa shape index (κ2) is 20.4. The summed E-state index contributed by atoms with van der Waals surface area (Å²) in [6.45, 7) is 14.3. The van der Waals surface area contributed by atoms with Crippen LogP contribution in [0, 0.1) is 0 Å². The molecule has 0 aliphatic carbocycles. The lowest BCUT2D eigenvalue weighted by molar-refractivity contribution is 0.669. The largest absolute Gasteiger partial charge is 0.0654 e. The Kier molecular flexibility index (Phi) is 16.0. The molecule has 0 bridgehead atoms. The van der Waals surface area contributed by atoms with Gasteiger partial charge in [0.15, 0.2) is 0 Å². The second-order valence-electron chi connectivity index (χ2n) is 14.8. The van der Waals surface area contributed by atoms with E-state index in [9.17, 15) is 0 Å². The lowest BCUT2D eigenvalue weighted by Gasteiger charge is -2.25. The molecular formula is C48H66. The van der Waals surface area contributed by atoms with Crippen LogP contribution in [0.25, 0.3) is 0 Å². The minimum absolute atomic E-state index is 0.482. The molecule has 0 saturated heterocycles. The highest BCUT2D eigenvalue weighted by Crippen LogP contribution is 2.34. The molecule has 0 radical (unpaired) electrons. The summed E-state index contributed by atoms with van der Waals surface area (Å²) in [7, 11) is 0. The standard InChI is InChI=1S/C48H66/c1-7-10-13-23-40-26-16-19-31-45(40)37(4)34-43-29-22-30-44(35-38(5)46-32-20-17-27-41(46)24-14-11-8-2)48(43)36-39(6)47-33-21-18-28-42(47)25-15-12-9-3/h16-22,26-33,37-39H,7-15,23-25,34-36H2,1-6H3. The summed E-state index contributed by atoms with van der Waals surface area (Å²) in [6.07, 6.45) is 18.5. The molecule has 0 heteroatoms. The fraction of sp³-hybridized carbons (Fsp3) is 0.500. The maximum atomic E-state index is 2.48. The van der Waals surface area contributed by atoms with E-state index in [2.05, 4.69) is 133 Å². The van der Waals surface area contributed by atoms with Crippen molar-refractivity contribution >= 4 is 0 Å². The molecule has 0 saturated carbocycles. The van der Waals surface area contributed by atoms with Crippen molar-refractivity contribution in [3.63, 3.8) is 0 Å². The summed E-state index contributed by atoms with van der Waals surface area (Å²) < 4.78 is 0. The molecule has 0 heterocycles. The van der Waals surface area contributed by atoms with Crippen LogP contribution in [0.15, 0.2) is 91.0 Å². The van der Waals surface area contributed by atoms with Crippen molar-refractivity contribution < 1.29 is 0 Å². The summed E-state index contributed by atoms with van der Waals surface area (Å²) in [5.41, 5.74) is 14.0. The van der Waals surface area contributed by atoms with Crippen molar-refractivity contribution in [3.8, 4) is 0 Å². The van der Waals surface area contributed by atoms with Crippen LogP contribution in [0.1, 0.15) is 167 Å². The van der Waals surface area contributed by atoms with Crippen LogP contribution in [0.2, 0.25) is 0 Å². The molecule has 0 amide bonds.